The summed E-state index contributed by atoms with van der Waals surface area (Å²) in [6, 6.07) is 155. The van der Waals surface area contributed by atoms with Crippen LogP contribution in [-0.4, -0.2) is 18.3 Å². The molecule has 0 atom stereocenters. The van der Waals surface area contributed by atoms with E-state index in [0.717, 1.165) is 138 Å². The Balaban J connectivity index is 0.000000104. The quantitative estimate of drug-likeness (QED) is 0.137. The second-order valence-corrected chi connectivity index (χ2v) is 32.6. The summed E-state index contributed by atoms with van der Waals surface area (Å²) in [6.45, 7) is 0. The Morgan fingerprint density at radius 2 is 0.516 bits per heavy atom. The van der Waals surface area contributed by atoms with Gasteiger partial charge in [0.15, 0.2) is 0 Å². The third-order valence-electron chi connectivity index (χ3n) is 25.5. The zero-order valence-electron chi connectivity index (χ0n) is 68.3. The van der Waals surface area contributed by atoms with Crippen molar-refractivity contribution < 1.29 is 13.3 Å². The molecule has 20 aromatic carbocycles. The van der Waals surface area contributed by atoms with E-state index < -0.39 is 0 Å². The minimum Gasteiger partial charge on any atom is -0.455 e. The first-order valence-corrected chi connectivity index (χ1v) is 42.9. The minimum absolute atomic E-state index is 0.905. The molecule has 7 heterocycles. The summed E-state index contributed by atoms with van der Waals surface area (Å²) in [4.78, 5) is 2.29. The molecule has 0 aliphatic carbocycles. The van der Waals surface area contributed by atoms with Crippen molar-refractivity contribution in [3.05, 3.63) is 455 Å². The molecule has 0 aliphatic rings. The third kappa shape index (κ3) is 11.8. The van der Waals surface area contributed by atoms with E-state index in [2.05, 4.69) is 460 Å². The molecular weight excluding hydrogens is 1540 g/mol. The minimum atomic E-state index is 0.905. The molecule has 8 nitrogen and oxygen atoms in total. The number of fused-ring (bicyclic) bond motifs is 25. The van der Waals surface area contributed by atoms with E-state index in [0.29, 0.717) is 0 Å². The highest BCUT2D eigenvalue weighted by atomic mass is 16.3. The summed E-state index contributed by atoms with van der Waals surface area (Å²) in [5, 5.41) is 22.3. The summed E-state index contributed by atoms with van der Waals surface area (Å²) in [6.07, 6.45) is 6.53. The molecule has 0 spiro atoms. The monoisotopic (exact) mass is 1610 g/mol. The van der Waals surface area contributed by atoms with Crippen LogP contribution in [0.15, 0.2) is 469 Å². The van der Waals surface area contributed by atoms with Crippen LogP contribution in [0.25, 0.3) is 220 Å². The predicted molar refractivity (Wildman–Crippen MR) is 527 cm³/mol. The second-order valence-electron chi connectivity index (χ2n) is 32.6. The lowest BCUT2D eigenvalue weighted by atomic mass is 9.93. The number of anilines is 3. The number of aromatic nitrogens is 4. The van der Waals surface area contributed by atoms with E-state index in [1.165, 1.54) is 98.2 Å². The summed E-state index contributed by atoms with van der Waals surface area (Å²) in [7, 11) is 0. The maximum atomic E-state index is 6.69. The molecule has 126 heavy (non-hydrogen) atoms. The van der Waals surface area contributed by atoms with E-state index in [4.69, 9.17) is 13.3 Å². The molecule has 0 radical (unpaired) electrons. The van der Waals surface area contributed by atoms with Crippen LogP contribution in [0.4, 0.5) is 17.1 Å². The number of hydrogen-bond acceptors (Lipinski definition) is 4. The molecular formula is C118H75N5O3. The molecule has 0 unspecified atom stereocenters. The van der Waals surface area contributed by atoms with Gasteiger partial charge in [0, 0.05) is 118 Å². The van der Waals surface area contributed by atoms with Gasteiger partial charge in [0.25, 0.3) is 0 Å². The molecule has 7 aromatic heterocycles. The van der Waals surface area contributed by atoms with Gasteiger partial charge in [-0.1, -0.05) is 255 Å². The normalized spacial score (nSPS) is 11.8. The van der Waals surface area contributed by atoms with Gasteiger partial charge in [-0.3, -0.25) is 0 Å². The van der Waals surface area contributed by atoms with Gasteiger partial charge in [0.1, 0.15) is 33.5 Å². The maximum Gasteiger partial charge on any atom is 0.145 e. The molecule has 8 heteroatoms. The summed E-state index contributed by atoms with van der Waals surface area (Å²) < 4.78 is 29.2. The second kappa shape index (κ2) is 29.5. The van der Waals surface area contributed by atoms with E-state index in [1.54, 1.807) is 0 Å². The van der Waals surface area contributed by atoms with Crippen molar-refractivity contribution >= 4 is 180 Å². The van der Waals surface area contributed by atoms with Gasteiger partial charge in [-0.15, -0.1) is 0 Å². The topological polar surface area (TPSA) is 62.4 Å². The van der Waals surface area contributed by atoms with Crippen LogP contribution in [0.1, 0.15) is 0 Å². The zero-order valence-corrected chi connectivity index (χ0v) is 68.3. The number of benzene rings is 20. The molecule has 0 amide bonds. The molecule has 27 rings (SSSR count). The van der Waals surface area contributed by atoms with Crippen molar-refractivity contribution in [2.45, 2.75) is 0 Å². The Kier molecular flexibility index (Phi) is 16.8. The van der Waals surface area contributed by atoms with Crippen molar-refractivity contribution in [3.63, 3.8) is 0 Å². The fourth-order valence-corrected chi connectivity index (χ4v) is 19.8. The fraction of sp³-hybridized carbons (Fsp3) is 0. The molecule has 27 aromatic rings. The van der Waals surface area contributed by atoms with Crippen LogP contribution in [0.2, 0.25) is 0 Å². The standard InChI is InChI=1S/C42H26N2O.C42H28N2O.C34H21NO/c1-3-11-29(12-4-1)43-24-23-28-26-35(33-20-21-34-32-16-8-10-18-39(32)45-42(34)40(33)41(28)43)27-19-22-38-36(25-27)31-15-7-9-17-37(31)44(38)30-13-5-2-6-14-30;1-4-12-31(13-5-1)43-27-26-30-28-38(36-24-25-37-35-18-10-11-19-39(35)45-42(37)40(36)41(30)43)29-20-22-34(23-21-29)44(32-14-6-2-7-15-32)33-16-8-3-9-17-33;1-2-10-26(11-3-1)35-19-18-25-21-30(24-15-14-22-8-4-5-9-23(22)20-24)28-16-17-29-27-12-6-7-13-31(27)36-34(29)32(28)33(25)35/h1-26H;1-28H;1-21H. The first-order chi connectivity index (χ1) is 62.5. The van der Waals surface area contributed by atoms with Crippen LogP contribution < -0.4 is 4.90 Å². The maximum absolute atomic E-state index is 6.69. The highest BCUT2D eigenvalue weighted by molar-refractivity contribution is 6.29. The largest absolute Gasteiger partial charge is 0.455 e. The van der Waals surface area contributed by atoms with Crippen molar-refractivity contribution in [1.82, 2.24) is 18.3 Å². The first kappa shape index (κ1) is 71.9. The first-order valence-electron chi connectivity index (χ1n) is 42.9. The summed E-state index contributed by atoms with van der Waals surface area (Å²) in [5.74, 6) is 0. The van der Waals surface area contributed by atoms with E-state index >= 15 is 0 Å². The number of furan rings is 3. The lowest BCUT2D eigenvalue weighted by Gasteiger charge is -2.25. The van der Waals surface area contributed by atoms with E-state index in [-0.39, 0.29) is 0 Å². The van der Waals surface area contributed by atoms with Crippen LogP contribution in [-0.2, 0) is 0 Å². The molecule has 0 aliphatic heterocycles. The smallest absolute Gasteiger partial charge is 0.145 e. The van der Waals surface area contributed by atoms with Crippen LogP contribution in [0.3, 0.4) is 0 Å². The van der Waals surface area contributed by atoms with Crippen molar-refractivity contribution in [3.8, 4) is 56.1 Å². The van der Waals surface area contributed by atoms with Gasteiger partial charge in [0.05, 0.1) is 43.7 Å². The SMILES string of the molecule is c1ccc(-n2ccc3cc(-c4ccc5c(c4)c4ccccc4n5-c4ccccc4)c4ccc5c6ccccc6oc5c4c32)cc1.c1ccc(-n2ccc3cc(-c4ccc5ccccc5c4)c4ccc5c6ccccc6oc5c4c32)cc1.c1ccc(N(c2ccccc2)c2ccc(-c3cc4ccn(-c5ccccc5)c4c4c3ccc3c5ccccc5oc34)cc2)cc1. The van der Waals surface area contributed by atoms with Gasteiger partial charge in [-0.2, -0.15) is 0 Å². The molecule has 0 saturated heterocycles. The van der Waals surface area contributed by atoms with Gasteiger partial charge >= 0.3 is 0 Å². The molecule has 590 valence electrons. The van der Waals surface area contributed by atoms with Crippen LogP contribution in [0.5, 0.6) is 0 Å². The number of rotatable bonds is 10. The van der Waals surface area contributed by atoms with Gasteiger partial charge in [0.2, 0.25) is 0 Å². The number of para-hydroxylation sites is 10. The summed E-state index contributed by atoms with van der Waals surface area (Å²) in [5.41, 5.74) is 26.5. The number of nitrogens with zero attached hydrogens (tertiary/aromatic N) is 5. The Morgan fingerprint density at radius 1 is 0.190 bits per heavy atom. The Bertz CT molecular complexity index is 8910. The van der Waals surface area contributed by atoms with Crippen molar-refractivity contribution in [2.24, 2.45) is 0 Å². The van der Waals surface area contributed by atoms with Crippen LogP contribution >= 0.6 is 0 Å². The molecule has 0 fully saturated rings. The number of hydrogen-bond donors (Lipinski definition) is 0. The van der Waals surface area contributed by atoms with E-state index in [1.807, 2.05) is 18.2 Å². The van der Waals surface area contributed by atoms with Gasteiger partial charge in [-0.05, 0) is 242 Å². The van der Waals surface area contributed by atoms with Gasteiger partial charge < -0.3 is 36.4 Å². The van der Waals surface area contributed by atoms with E-state index in [9.17, 15) is 0 Å². The molecule has 0 bridgehead atoms. The zero-order chi connectivity index (χ0) is 82.9. The lowest BCUT2D eigenvalue weighted by molar-refractivity contribution is 0.672. The van der Waals surface area contributed by atoms with Crippen molar-refractivity contribution in [2.75, 3.05) is 4.90 Å². The predicted octanol–water partition coefficient (Wildman–Crippen LogP) is 32.8. The van der Waals surface area contributed by atoms with Crippen molar-refractivity contribution in [1.29, 1.82) is 0 Å². The van der Waals surface area contributed by atoms with Gasteiger partial charge in [-0.25, -0.2) is 0 Å². The highest BCUT2D eigenvalue weighted by Gasteiger charge is 2.26. The fourth-order valence-electron chi connectivity index (χ4n) is 19.8. The highest BCUT2D eigenvalue weighted by Crippen LogP contribution is 2.49. The van der Waals surface area contributed by atoms with Crippen LogP contribution in [0, 0.1) is 0 Å². The Hall–Kier alpha value is -16.9. The molecule has 0 N–H and O–H groups in total. The third-order valence-corrected chi connectivity index (χ3v) is 25.5. The average molecular weight is 1610 g/mol. The Morgan fingerprint density at radius 3 is 0.960 bits per heavy atom. The Labute approximate surface area is 723 Å². The lowest BCUT2D eigenvalue weighted by Crippen LogP contribution is -2.09. The molecule has 0 saturated carbocycles. The average Bonchev–Trinajstić information content (AvgIpc) is 1.55. The summed E-state index contributed by atoms with van der Waals surface area (Å²) >= 11 is 0.